The summed E-state index contributed by atoms with van der Waals surface area (Å²) in [6.07, 6.45) is -0.537. The summed E-state index contributed by atoms with van der Waals surface area (Å²) in [6, 6.07) is 22.1. The van der Waals surface area contributed by atoms with Gasteiger partial charge in [-0.2, -0.15) is 0 Å². The number of esters is 6. The van der Waals surface area contributed by atoms with Crippen LogP contribution in [0.15, 0.2) is 122 Å². The Morgan fingerprint density at radius 1 is 0.514 bits per heavy atom. The number of carbonyl (C=O) groups excluding carboxylic acids is 8. The van der Waals surface area contributed by atoms with Crippen LogP contribution in [0.2, 0.25) is 0 Å². The van der Waals surface area contributed by atoms with Crippen molar-refractivity contribution in [3.8, 4) is 23.0 Å². The number of hydrogen-bond acceptors (Lipinski definition) is 20. The fourth-order valence-electron chi connectivity index (χ4n) is 6.03. The lowest BCUT2D eigenvalue weighted by Gasteiger charge is -2.21. The van der Waals surface area contributed by atoms with Crippen molar-refractivity contribution in [2.24, 2.45) is 0 Å². The van der Waals surface area contributed by atoms with E-state index in [9.17, 15) is 43.5 Å². The third kappa shape index (κ3) is 17.4. The average Bonchev–Trinajstić information content (AvgIpc) is 3.83. The Bertz CT molecular complexity index is 2450. The second-order valence-electron chi connectivity index (χ2n) is 14.7. The van der Waals surface area contributed by atoms with Gasteiger partial charge in [-0.05, 0) is 123 Å². The fourth-order valence-corrected chi connectivity index (χ4v) is 6.03. The molecule has 0 saturated carbocycles. The standard InChI is InChI=1S/C50H48O20/c1-3-43(52)60-25-5-7-27-62-49(58)68-38-21-13-32(14-22-38)45(54)65-36-17-9-34(10-18-36)47(56)67-40-29-41(64-31-40)42(30-51)70-48(57)35-11-19-37(20-12-35)66-46(55)33-15-23-39(24-16-33)69-50(59)63-28-8-6-26-61-44(53)4-2/h3-4,9-24,40-42,51H,1-2,5-8,25-31H2/t40-,41?,42-/m1/s1. The Morgan fingerprint density at radius 2 is 0.871 bits per heavy atom. The third-order valence-electron chi connectivity index (χ3n) is 9.64. The molecule has 1 aliphatic rings. The van der Waals surface area contributed by atoms with E-state index in [0.717, 1.165) is 12.2 Å². The van der Waals surface area contributed by atoms with E-state index in [-0.39, 0.29) is 84.7 Å². The molecule has 4 aromatic carbocycles. The molecule has 1 unspecified atom stereocenters. The summed E-state index contributed by atoms with van der Waals surface area (Å²) in [6.45, 7) is 6.36. The van der Waals surface area contributed by atoms with Crippen LogP contribution in [0.3, 0.4) is 0 Å². The lowest BCUT2D eigenvalue weighted by Crippen LogP contribution is -2.34. The molecule has 0 aliphatic carbocycles. The van der Waals surface area contributed by atoms with Gasteiger partial charge in [-0.15, -0.1) is 0 Å². The molecule has 0 aromatic heterocycles. The monoisotopic (exact) mass is 968 g/mol. The Kier molecular flexibility index (Phi) is 20.6. The molecule has 0 spiro atoms. The number of hydrogen-bond donors (Lipinski definition) is 1. The zero-order valence-electron chi connectivity index (χ0n) is 37.5. The Labute approximate surface area is 400 Å². The zero-order chi connectivity index (χ0) is 50.3. The summed E-state index contributed by atoms with van der Waals surface area (Å²) in [5.74, 6) is -3.56. The predicted molar refractivity (Wildman–Crippen MR) is 240 cm³/mol. The van der Waals surface area contributed by atoms with Crippen LogP contribution >= 0.6 is 0 Å². The van der Waals surface area contributed by atoms with E-state index < -0.39 is 73.0 Å². The molecule has 0 radical (unpaired) electrons. The molecular formula is C50H48O20. The molecule has 3 atom stereocenters. The number of benzene rings is 4. The van der Waals surface area contributed by atoms with Gasteiger partial charge in [0.15, 0.2) is 6.10 Å². The van der Waals surface area contributed by atoms with Crippen molar-refractivity contribution in [3.63, 3.8) is 0 Å². The van der Waals surface area contributed by atoms with Crippen molar-refractivity contribution in [1.82, 2.24) is 0 Å². The fraction of sp³-hybridized carbons (Fsp3) is 0.280. The minimum atomic E-state index is -1.11. The van der Waals surface area contributed by atoms with E-state index in [4.69, 9.17) is 52.1 Å². The van der Waals surface area contributed by atoms with Crippen LogP contribution < -0.4 is 18.9 Å². The van der Waals surface area contributed by atoms with Gasteiger partial charge in [0.2, 0.25) is 0 Å². The molecule has 20 heteroatoms. The second-order valence-corrected chi connectivity index (χ2v) is 14.7. The molecule has 1 aliphatic heterocycles. The number of carbonyl (C=O) groups is 8. The first kappa shape index (κ1) is 52.6. The van der Waals surface area contributed by atoms with Gasteiger partial charge >= 0.3 is 48.1 Å². The highest BCUT2D eigenvalue weighted by molar-refractivity contribution is 5.93. The van der Waals surface area contributed by atoms with E-state index in [2.05, 4.69) is 13.2 Å². The summed E-state index contributed by atoms with van der Waals surface area (Å²) in [5, 5.41) is 10.1. The summed E-state index contributed by atoms with van der Waals surface area (Å²) >= 11 is 0. The molecule has 4 aromatic rings. The zero-order valence-corrected chi connectivity index (χ0v) is 37.5. The van der Waals surface area contributed by atoms with Crippen molar-refractivity contribution >= 4 is 48.1 Å². The van der Waals surface area contributed by atoms with E-state index >= 15 is 0 Å². The van der Waals surface area contributed by atoms with Gasteiger partial charge in [0.05, 0.1) is 61.9 Å². The van der Waals surface area contributed by atoms with Gasteiger partial charge in [-0.1, -0.05) is 13.2 Å². The van der Waals surface area contributed by atoms with Gasteiger partial charge in [0, 0.05) is 18.6 Å². The highest BCUT2D eigenvalue weighted by Gasteiger charge is 2.36. The Hall–Kier alpha value is -8.36. The first-order chi connectivity index (χ1) is 33.8. The van der Waals surface area contributed by atoms with Crippen LogP contribution in [-0.4, -0.2) is 111 Å². The van der Waals surface area contributed by atoms with Crippen LogP contribution in [0.5, 0.6) is 23.0 Å². The van der Waals surface area contributed by atoms with Gasteiger partial charge in [0.25, 0.3) is 0 Å². The number of aliphatic hydroxyl groups is 1. The van der Waals surface area contributed by atoms with Gasteiger partial charge < -0.3 is 57.2 Å². The first-order valence-corrected chi connectivity index (χ1v) is 21.6. The van der Waals surface area contributed by atoms with Crippen molar-refractivity contribution in [3.05, 3.63) is 145 Å². The van der Waals surface area contributed by atoms with Crippen LogP contribution in [0, 0.1) is 0 Å². The number of ether oxygens (including phenoxy) is 11. The maximum atomic E-state index is 13.0. The highest BCUT2D eigenvalue weighted by Crippen LogP contribution is 2.25. The van der Waals surface area contributed by atoms with E-state index in [1.54, 1.807) is 0 Å². The predicted octanol–water partition coefficient (Wildman–Crippen LogP) is 6.71. The summed E-state index contributed by atoms with van der Waals surface area (Å²) in [5.41, 5.74) is 0.503. The molecule has 0 amide bonds. The highest BCUT2D eigenvalue weighted by atomic mass is 16.7. The SMILES string of the molecule is C=CC(=O)OCCCCOC(=O)Oc1ccc(C(=O)Oc2ccc(C(=O)O[C@H]3COC([C@@H](CO)OC(=O)c4ccc(OC(=O)c5ccc(OC(=O)OCCCCOC(=O)C=C)cc5)cc4)C3)cc2)cc1. The quantitative estimate of drug-likeness (QED) is 0.0191. The van der Waals surface area contributed by atoms with Crippen molar-refractivity contribution < 1.29 is 95.6 Å². The minimum absolute atomic E-state index is 0.0384. The third-order valence-corrected chi connectivity index (χ3v) is 9.64. The van der Waals surface area contributed by atoms with Crippen molar-refractivity contribution in [2.45, 2.75) is 50.4 Å². The molecule has 1 N–H and O–H groups in total. The Morgan fingerprint density at radius 3 is 1.26 bits per heavy atom. The molecule has 1 saturated heterocycles. The van der Waals surface area contributed by atoms with Crippen LogP contribution in [-0.2, 0) is 42.7 Å². The number of aliphatic hydroxyl groups excluding tert-OH is 1. The molecule has 1 heterocycles. The maximum absolute atomic E-state index is 13.0. The number of unbranched alkanes of at least 4 members (excludes halogenated alkanes) is 2. The minimum Gasteiger partial charge on any atom is -0.463 e. The second kappa shape index (κ2) is 27.5. The van der Waals surface area contributed by atoms with Crippen molar-refractivity contribution in [1.29, 1.82) is 0 Å². The van der Waals surface area contributed by atoms with E-state index in [1.165, 1.54) is 97.1 Å². The maximum Gasteiger partial charge on any atom is 0.513 e. The van der Waals surface area contributed by atoms with E-state index in [0.29, 0.717) is 25.7 Å². The summed E-state index contributed by atoms with van der Waals surface area (Å²) < 4.78 is 57.4. The van der Waals surface area contributed by atoms with Gasteiger partial charge in [0.1, 0.15) is 35.2 Å². The first-order valence-electron chi connectivity index (χ1n) is 21.6. The molecule has 0 bridgehead atoms. The van der Waals surface area contributed by atoms with Crippen molar-refractivity contribution in [2.75, 3.05) is 39.6 Å². The molecule has 1 fully saturated rings. The number of rotatable bonds is 24. The molecule has 368 valence electrons. The lowest BCUT2D eigenvalue weighted by molar-refractivity contribution is -0.138. The van der Waals surface area contributed by atoms with Crippen LogP contribution in [0.25, 0.3) is 0 Å². The topological polar surface area (TPSA) is 258 Å². The summed E-state index contributed by atoms with van der Waals surface area (Å²) in [7, 11) is 0. The molecule has 20 nitrogen and oxygen atoms in total. The average molecular weight is 969 g/mol. The largest absolute Gasteiger partial charge is 0.513 e. The Balaban J connectivity index is 0.988. The normalized spacial score (nSPS) is 14.1. The molecule has 5 rings (SSSR count). The van der Waals surface area contributed by atoms with Gasteiger partial charge in [-0.25, -0.2) is 38.4 Å². The lowest BCUT2D eigenvalue weighted by atomic mass is 10.1. The molecular weight excluding hydrogens is 921 g/mol. The summed E-state index contributed by atoms with van der Waals surface area (Å²) in [4.78, 5) is 97.4. The van der Waals surface area contributed by atoms with Crippen LogP contribution in [0.4, 0.5) is 9.59 Å². The van der Waals surface area contributed by atoms with Crippen LogP contribution in [0.1, 0.15) is 73.5 Å². The smallest absolute Gasteiger partial charge is 0.463 e. The van der Waals surface area contributed by atoms with Gasteiger partial charge in [-0.3, -0.25) is 0 Å². The molecule has 70 heavy (non-hydrogen) atoms. The van der Waals surface area contributed by atoms with E-state index in [1.807, 2.05) is 0 Å².